The molecule has 0 spiro atoms. The Morgan fingerprint density at radius 3 is 2.35 bits per heavy atom. The third-order valence-electron chi connectivity index (χ3n) is 4.73. The van der Waals surface area contributed by atoms with Gasteiger partial charge in [0.15, 0.2) is 11.5 Å². The quantitative estimate of drug-likeness (QED) is 0.859. The lowest BCUT2D eigenvalue weighted by Crippen LogP contribution is -2.47. The maximum absolute atomic E-state index is 5.37. The van der Waals surface area contributed by atoms with Gasteiger partial charge in [0, 0.05) is 49.9 Å². The van der Waals surface area contributed by atoms with Gasteiger partial charge >= 0.3 is 0 Å². The smallest absolute Gasteiger partial charge is 0.225 e. The first-order valence-corrected chi connectivity index (χ1v) is 8.16. The zero-order valence-corrected chi connectivity index (χ0v) is 13.7. The molecule has 1 aliphatic carbocycles. The third-order valence-corrected chi connectivity index (χ3v) is 4.73. The first-order chi connectivity index (χ1) is 11.3. The molecule has 1 aromatic carbocycles. The molecule has 6 heteroatoms. The van der Waals surface area contributed by atoms with E-state index < -0.39 is 0 Å². The maximum atomic E-state index is 5.37. The second-order valence-corrected chi connectivity index (χ2v) is 6.19. The molecule has 122 valence electrons. The summed E-state index contributed by atoms with van der Waals surface area (Å²) in [5.74, 6) is 2.21. The average Bonchev–Trinajstić information content (AvgIpc) is 3.45. The molecule has 1 aromatic heterocycles. The van der Waals surface area contributed by atoms with Crippen LogP contribution in [0.4, 0.5) is 5.95 Å². The van der Waals surface area contributed by atoms with Crippen LogP contribution in [0.2, 0.25) is 0 Å². The number of methoxy groups -OCH3 is 2. The summed E-state index contributed by atoms with van der Waals surface area (Å²) in [5, 5.41) is 0.961. The number of benzene rings is 1. The number of piperazine rings is 1. The predicted molar refractivity (Wildman–Crippen MR) is 89.5 cm³/mol. The maximum Gasteiger partial charge on any atom is 0.225 e. The summed E-state index contributed by atoms with van der Waals surface area (Å²) in [7, 11) is 3.28. The molecular formula is C17H22N4O2. The van der Waals surface area contributed by atoms with Crippen LogP contribution in [0.3, 0.4) is 0 Å². The van der Waals surface area contributed by atoms with Gasteiger partial charge in [-0.3, -0.25) is 4.90 Å². The molecule has 4 rings (SSSR count). The van der Waals surface area contributed by atoms with Crippen LogP contribution < -0.4 is 14.4 Å². The highest BCUT2D eigenvalue weighted by atomic mass is 16.5. The molecule has 2 aliphatic rings. The highest BCUT2D eigenvalue weighted by Crippen LogP contribution is 2.32. The molecule has 6 nitrogen and oxygen atoms in total. The molecule has 0 amide bonds. The lowest BCUT2D eigenvalue weighted by molar-refractivity contribution is 0.247. The highest BCUT2D eigenvalue weighted by Gasteiger charge is 2.31. The molecule has 23 heavy (non-hydrogen) atoms. The number of hydrogen-bond donors (Lipinski definition) is 0. The van der Waals surface area contributed by atoms with Gasteiger partial charge in [0.2, 0.25) is 5.95 Å². The number of anilines is 1. The number of ether oxygens (including phenoxy) is 2. The zero-order chi connectivity index (χ0) is 15.8. The van der Waals surface area contributed by atoms with Crippen LogP contribution in [-0.2, 0) is 0 Å². The van der Waals surface area contributed by atoms with Crippen LogP contribution >= 0.6 is 0 Å². The van der Waals surface area contributed by atoms with Gasteiger partial charge < -0.3 is 14.4 Å². The highest BCUT2D eigenvalue weighted by molar-refractivity contribution is 5.82. The molecule has 2 heterocycles. The summed E-state index contributed by atoms with van der Waals surface area (Å²) in [5.41, 5.74) is 0.886. The molecular weight excluding hydrogens is 292 g/mol. The van der Waals surface area contributed by atoms with Gasteiger partial charge in [0.25, 0.3) is 0 Å². The lowest BCUT2D eigenvalue weighted by atomic mass is 10.2. The molecule has 0 unspecified atom stereocenters. The van der Waals surface area contributed by atoms with Crippen molar-refractivity contribution < 1.29 is 9.47 Å². The van der Waals surface area contributed by atoms with E-state index in [0.717, 1.165) is 49.1 Å². The van der Waals surface area contributed by atoms with Crippen molar-refractivity contribution in [2.75, 3.05) is 45.3 Å². The predicted octanol–water partition coefficient (Wildman–Crippen LogP) is 1.93. The van der Waals surface area contributed by atoms with Gasteiger partial charge in [0.05, 0.1) is 19.7 Å². The second-order valence-electron chi connectivity index (χ2n) is 6.19. The summed E-state index contributed by atoms with van der Waals surface area (Å²) in [4.78, 5) is 14.1. The molecule has 2 aromatic rings. The number of aromatic nitrogens is 2. The molecule has 1 saturated carbocycles. The molecule has 0 atom stereocenters. The van der Waals surface area contributed by atoms with Gasteiger partial charge in [-0.2, -0.15) is 0 Å². The van der Waals surface area contributed by atoms with Crippen molar-refractivity contribution in [3.05, 3.63) is 18.3 Å². The SMILES string of the molecule is COc1cc2cnc(N3CCN(C4CC4)CC3)nc2cc1OC. The summed E-state index contributed by atoms with van der Waals surface area (Å²) < 4.78 is 10.7. The minimum absolute atomic E-state index is 0.697. The van der Waals surface area contributed by atoms with Crippen LogP contribution in [0.5, 0.6) is 11.5 Å². The summed E-state index contributed by atoms with van der Waals surface area (Å²) >= 11 is 0. The van der Waals surface area contributed by atoms with E-state index in [-0.39, 0.29) is 0 Å². The Morgan fingerprint density at radius 1 is 1.00 bits per heavy atom. The third kappa shape index (κ3) is 2.79. The van der Waals surface area contributed by atoms with Crippen molar-refractivity contribution in [1.29, 1.82) is 0 Å². The molecule has 0 bridgehead atoms. The first kappa shape index (κ1) is 14.5. The number of rotatable bonds is 4. The van der Waals surface area contributed by atoms with E-state index in [0.29, 0.717) is 11.5 Å². The van der Waals surface area contributed by atoms with Gasteiger partial charge in [-0.05, 0) is 18.9 Å². The van der Waals surface area contributed by atoms with Crippen molar-refractivity contribution in [2.24, 2.45) is 0 Å². The fourth-order valence-corrected chi connectivity index (χ4v) is 3.23. The fraction of sp³-hybridized carbons (Fsp3) is 0.529. The van der Waals surface area contributed by atoms with Crippen LogP contribution in [-0.4, -0.2) is 61.3 Å². The number of nitrogens with zero attached hydrogens (tertiary/aromatic N) is 4. The topological polar surface area (TPSA) is 50.7 Å². The van der Waals surface area contributed by atoms with Crippen molar-refractivity contribution in [1.82, 2.24) is 14.9 Å². The Bertz CT molecular complexity index is 709. The van der Waals surface area contributed by atoms with Crippen molar-refractivity contribution in [3.8, 4) is 11.5 Å². The number of hydrogen-bond acceptors (Lipinski definition) is 6. The summed E-state index contributed by atoms with van der Waals surface area (Å²) in [6.45, 7) is 4.21. The lowest BCUT2D eigenvalue weighted by Gasteiger charge is -2.34. The van der Waals surface area contributed by atoms with Crippen LogP contribution in [0.25, 0.3) is 10.9 Å². The largest absolute Gasteiger partial charge is 0.493 e. The zero-order valence-electron chi connectivity index (χ0n) is 13.7. The Balaban J connectivity index is 1.58. The van der Waals surface area contributed by atoms with E-state index in [9.17, 15) is 0 Å². The summed E-state index contributed by atoms with van der Waals surface area (Å²) in [6, 6.07) is 4.68. The van der Waals surface area contributed by atoms with E-state index >= 15 is 0 Å². The van der Waals surface area contributed by atoms with Crippen LogP contribution in [0.1, 0.15) is 12.8 Å². The Hall–Kier alpha value is -2.08. The van der Waals surface area contributed by atoms with Gasteiger partial charge in [-0.25, -0.2) is 9.97 Å². The minimum Gasteiger partial charge on any atom is -0.493 e. The molecule has 2 fully saturated rings. The van der Waals surface area contributed by atoms with Gasteiger partial charge in [-0.1, -0.05) is 0 Å². The van der Waals surface area contributed by atoms with E-state index in [4.69, 9.17) is 14.5 Å². The van der Waals surface area contributed by atoms with E-state index in [1.165, 1.54) is 12.8 Å². The van der Waals surface area contributed by atoms with Crippen LogP contribution in [0, 0.1) is 0 Å². The normalized spacial score (nSPS) is 19.1. The van der Waals surface area contributed by atoms with Crippen LogP contribution in [0.15, 0.2) is 18.3 Å². The minimum atomic E-state index is 0.697. The second kappa shape index (κ2) is 5.85. The van der Waals surface area contributed by atoms with Gasteiger partial charge in [0.1, 0.15) is 0 Å². The average molecular weight is 314 g/mol. The van der Waals surface area contributed by atoms with Gasteiger partial charge in [-0.15, -0.1) is 0 Å². The fourth-order valence-electron chi connectivity index (χ4n) is 3.23. The number of fused-ring (bicyclic) bond motifs is 1. The van der Waals surface area contributed by atoms with E-state index in [1.807, 2.05) is 18.3 Å². The van der Waals surface area contributed by atoms with Crippen molar-refractivity contribution >= 4 is 16.9 Å². The molecule has 0 radical (unpaired) electrons. The first-order valence-electron chi connectivity index (χ1n) is 8.16. The Labute approximate surface area is 136 Å². The molecule has 1 saturated heterocycles. The van der Waals surface area contributed by atoms with Crippen molar-refractivity contribution in [2.45, 2.75) is 18.9 Å². The monoisotopic (exact) mass is 314 g/mol. The molecule has 1 aliphatic heterocycles. The van der Waals surface area contributed by atoms with E-state index in [1.54, 1.807) is 14.2 Å². The standard InChI is InChI=1S/C17H22N4O2/c1-22-15-9-12-11-18-17(19-14(12)10-16(15)23-2)21-7-5-20(6-8-21)13-3-4-13/h9-11,13H,3-8H2,1-2H3. The Morgan fingerprint density at radius 2 is 1.70 bits per heavy atom. The Kier molecular flexibility index (Phi) is 3.69. The summed E-state index contributed by atoms with van der Waals surface area (Å²) in [6.07, 6.45) is 4.61. The van der Waals surface area contributed by atoms with Crippen molar-refractivity contribution in [3.63, 3.8) is 0 Å². The molecule has 0 N–H and O–H groups in total. The van der Waals surface area contributed by atoms with E-state index in [2.05, 4.69) is 14.8 Å².